The zero-order valence-electron chi connectivity index (χ0n) is 7.05. The molecule has 0 spiro atoms. The minimum absolute atomic E-state index is 0. The van der Waals surface area contributed by atoms with Crippen molar-refractivity contribution in [3.05, 3.63) is 28.9 Å². The number of nitrogens with zero attached hydrogens (tertiary/aromatic N) is 2. The summed E-state index contributed by atoms with van der Waals surface area (Å²) in [4.78, 5) is 0. The molecule has 0 atom stereocenters. The van der Waals surface area contributed by atoms with Crippen LogP contribution < -0.4 is 0 Å². The van der Waals surface area contributed by atoms with Crippen molar-refractivity contribution < 1.29 is 32.7 Å². The summed E-state index contributed by atoms with van der Waals surface area (Å²) in [6, 6.07) is 1.86. The van der Waals surface area contributed by atoms with Gasteiger partial charge < -0.3 is 9.98 Å². The van der Waals surface area contributed by atoms with Gasteiger partial charge in [0.15, 0.2) is 0 Å². The van der Waals surface area contributed by atoms with E-state index in [0.29, 0.717) is 0 Å². The van der Waals surface area contributed by atoms with Gasteiger partial charge in [-0.2, -0.15) is 29.4 Å². The Bertz CT molecular complexity index is 263. The Morgan fingerprint density at radius 3 is 2.27 bits per heavy atom. The monoisotopic (exact) mass is 223 g/mol. The van der Waals surface area contributed by atoms with Crippen molar-refractivity contribution in [2.75, 3.05) is 0 Å². The summed E-state index contributed by atoms with van der Waals surface area (Å²) in [5, 5.41) is 9.07. The van der Waals surface area contributed by atoms with Gasteiger partial charge in [0.2, 0.25) is 0 Å². The quantitative estimate of drug-likeness (QED) is 0.364. The first-order chi connectivity index (χ1) is 4.63. The van der Waals surface area contributed by atoms with Gasteiger partial charge in [0.1, 0.15) is 0 Å². The molecule has 0 saturated heterocycles. The van der Waals surface area contributed by atoms with E-state index >= 15 is 0 Å². The minimum atomic E-state index is 0. The molecule has 1 aromatic heterocycles. The molecule has 0 aliphatic rings. The predicted octanol–water partition coefficient (Wildman–Crippen LogP) is 1.74. The second kappa shape index (κ2) is 4.17. The molecule has 3 heteroatoms. The maximum atomic E-state index is 9.07. The first kappa shape index (κ1) is 11.1. The van der Waals surface area contributed by atoms with Gasteiger partial charge in [0, 0.05) is 32.7 Å². The van der Waals surface area contributed by atoms with Crippen LogP contribution in [0.25, 0.3) is 5.41 Å². The van der Waals surface area contributed by atoms with Crippen LogP contribution in [0.3, 0.4) is 0 Å². The molecule has 1 heterocycles. The van der Waals surface area contributed by atoms with Crippen LogP contribution >= 0.6 is 0 Å². The third kappa shape index (κ3) is 2.24. The van der Waals surface area contributed by atoms with E-state index in [-0.39, 0.29) is 38.5 Å². The van der Waals surface area contributed by atoms with Crippen LogP contribution in [0.4, 0.5) is 0 Å². The van der Waals surface area contributed by atoms with Gasteiger partial charge in [-0.25, -0.2) is 0 Å². The van der Waals surface area contributed by atoms with Gasteiger partial charge in [-0.05, 0) is 0 Å². The molecule has 11 heavy (non-hydrogen) atoms. The molecule has 1 radical (unpaired) electrons. The average molecular weight is 223 g/mol. The Morgan fingerprint density at radius 2 is 2.09 bits per heavy atom. The molecule has 0 bridgehead atoms. The van der Waals surface area contributed by atoms with Crippen LogP contribution in [0.1, 0.15) is 18.2 Å². The topological polar surface area (TPSA) is 27.2 Å². The maximum absolute atomic E-state index is 9.07. The van der Waals surface area contributed by atoms with E-state index < -0.39 is 0 Å². The zero-order valence-corrected chi connectivity index (χ0v) is 9.89. The van der Waals surface area contributed by atoms with E-state index in [4.69, 9.17) is 5.41 Å². The number of hydrogen-bond donors (Lipinski definition) is 0. The molecule has 0 amide bonds. The fourth-order valence-electron chi connectivity index (χ4n) is 0.875. The summed E-state index contributed by atoms with van der Waals surface area (Å²) in [5.41, 5.74) is 2.19. The van der Waals surface area contributed by atoms with E-state index in [1.54, 1.807) is 11.5 Å². The maximum Gasteiger partial charge on any atom is 0 e. The van der Waals surface area contributed by atoms with E-state index in [9.17, 15) is 0 Å². The fraction of sp³-hybridized carbons (Fsp3) is 0.375. The van der Waals surface area contributed by atoms with Crippen LogP contribution in [-0.4, -0.2) is 10.4 Å². The Hall–Kier alpha value is 0.0539. The molecule has 0 aromatic carbocycles. The molecule has 57 valence electrons. The van der Waals surface area contributed by atoms with Gasteiger partial charge in [-0.1, -0.05) is 20.8 Å². The Morgan fingerprint density at radius 1 is 1.55 bits per heavy atom. The van der Waals surface area contributed by atoms with Gasteiger partial charge >= 0.3 is 0 Å². The second-order valence-electron chi connectivity index (χ2n) is 2.42. The van der Waals surface area contributed by atoms with E-state index in [2.05, 4.69) is 6.20 Å². The summed E-state index contributed by atoms with van der Waals surface area (Å²) in [6.45, 7) is 5.58. The Balaban J connectivity index is 0.000001000. The van der Waals surface area contributed by atoms with Gasteiger partial charge in [0.25, 0.3) is 0 Å². The van der Waals surface area contributed by atoms with Crippen LogP contribution in [-0.2, 0) is 32.7 Å². The molecular weight excluding hydrogens is 213 g/mol. The van der Waals surface area contributed by atoms with Crippen molar-refractivity contribution in [2.24, 2.45) is 0 Å². The molecule has 2 nitrogen and oxygen atoms in total. The fourth-order valence-corrected chi connectivity index (χ4v) is 0.875. The van der Waals surface area contributed by atoms with Crippen LogP contribution in [0, 0.1) is 20.0 Å². The zero-order chi connectivity index (χ0) is 7.72. The summed E-state index contributed by atoms with van der Waals surface area (Å²) in [5.74, 6) is 0.269. The van der Waals surface area contributed by atoms with E-state index in [1.807, 2.05) is 19.9 Å². The number of aryl methyl sites for hydroxylation is 1. The van der Waals surface area contributed by atoms with E-state index in [1.165, 1.54) is 0 Å². The normalized spacial score (nSPS) is 9.00. The van der Waals surface area contributed by atoms with Gasteiger partial charge in [0.05, 0.1) is 0 Å². The summed E-state index contributed by atoms with van der Waals surface area (Å²) in [6.07, 6.45) is 2.90. The van der Waals surface area contributed by atoms with Crippen LogP contribution in [0.2, 0.25) is 0 Å². The Kier molecular flexibility index (Phi) is 4.19. The average Bonchev–Trinajstić information content (AvgIpc) is 2.14. The number of aromatic nitrogens is 1. The van der Waals surface area contributed by atoms with Gasteiger partial charge in [-0.15, -0.1) is 0 Å². The van der Waals surface area contributed by atoms with Crippen LogP contribution in [0.15, 0.2) is 6.07 Å². The molecule has 0 unspecified atom stereocenters. The van der Waals surface area contributed by atoms with Crippen molar-refractivity contribution in [1.82, 2.24) is 4.57 Å². The van der Waals surface area contributed by atoms with Crippen molar-refractivity contribution in [3.63, 3.8) is 0 Å². The molecule has 0 N–H and O–H groups in total. The molecule has 1 aromatic rings. The van der Waals surface area contributed by atoms with Crippen molar-refractivity contribution in [1.29, 1.82) is 0 Å². The van der Waals surface area contributed by atoms with Crippen LogP contribution in [0.5, 0.6) is 0 Å². The standard InChI is InChI=1S/C8H10N2.Y/c1-6-4-5-10(7(6)2)8(3)9;/h4H,1-3H3;/q-2;. The molecule has 1 rings (SSSR count). The predicted molar refractivity (Wildman–Crippen MR) is 42.2 cm³/mol. The smallest absolute Gasteiger partial charge is 0 e. The number of rotatable bonds is 0. The first-order valence-corrected chi connectivity index (χ1v) is 3.22. The van der Waals surface area contributed by atoms with Crippen molar-refractivity contribution in [3.8, 4) is 0 Å². The molecular formula is C8H10N2Y-2. The first-order valence-electron chi connectivity index (χ1n) is 3.22. The van der Waals surface area contributed by atoms with Gasteiger partial charge in [-0.3, -0.25) is 0 Å². The van der Waals surface area contributed by atoms with Crippen molar-refractivity contribution in [2.45, 2.75) is 20.8 Å². The largest absolute Gasteiger partial charge is 0.552 e. The summed E-state index contributed by atoms with van der Waals surface area (Å²) < 4.78 is 1.63. The van der Waals surface area contributed by atoms with E-state index in [0.717, 1.165) is 11.3 Å². The molecule has 0 aliphatic carbocycles. The molecule has 0 fully saturated rings. The molecule has 0 aliphatic heterocycles. The van der Waals surface area contributed by atoms with Crippen molar-refractivity contribution >= 4 is 5.84 Å². The minimum Gasteiger partial charge on any atom is -0.552 e. The number of hydrogen-bond acceptors (Lipinski definition) is 0. The molecule has 0 saturated carbocycles. The Labute approximate surface area is 92.4 Å². The third-order valence-corrected chi connectivity index (χ3v) is 1.64. The third-order valence-electron chi connectivity index (χ3n) is 1.64. The summed E-state index contributed by atoms with van der Waals surface area (Å²) >= 11 is 0. The SMILES string of the molecule is CC(=[N-])n1[c-]cc(C)c1C.[Y]. The second-order valence-corrected chi connectivity index (χ2v) is 2.42. The summed E-state index contributed by atoms with van der Waals surface area (Å²) in [7, 11) is 0.